The fraction of sp³-hybridized carbons (Fsp3) is 0.818. The normalized spacial score (nSPS) is 18.1. The summed E-state index contributed by atoms with van der Waals surface area (Å²) in [5.41, 5.74) is 0. The molecule has 0 bridgehead atoms. The zero-order valence-electron chi connectivity index (χ0n) is 9.33. The maximum absolute atomic E-state index is 11.6. The number of carbonyl (C=O) groups is 2. The Labute approximate surface area is 90.6 Å². The summed E-state index contributed by atoms with van der Waals surface area (Å²) in [6, 6.07) is 0. The van der Waals surface area contributed by atoms with Gasteiger partial charge in [0.2, 0.25) is 11.8 Å². The van der Waals surface area contributed by atoms with Crippen LogP contribution in [0.25, 0.3) is 0 Å². The van der Waals surface area contributed by atoms with Gasteiger partial charge in [-0.2, -0.15) is 0 Å². The molecule has 0 saturated carbocycles. The van der Waals surface area contributed by atoms with E-state index in [1.165, 1.54) is 4.90 Å². The molecule has 1 heterocycles. The zero-order chi connectivity index (χ0) is 11.1. The SMILES string of the molecule is COCCCCN1C(=O)CCCCC1=O. The second-order valence-corrected chi connectivity index (χ2v) is 3.85. The number of hydrogen-bond acceptors (Lipinski definition) is 3. The lowest BCUT2D eigenvalue weighted by Crippen LogP contribution is -2.35. The molecule has 0 atom stereocenters. The molecule has 0 aromatic rings. The number of ether oxygens (including phenoxy) is 1. The third-order valence-corrected chi connectivity index (χ3v) is 2.61. The maximum Gasteiger partial charge on any atom is 0.229 e. The van der Waals surface area contributed by atoms with E-state index in [2.05, 4.69) is 0 Å². The average Bonchev–Trinajstić information content (AvgIpc) is 2.37. The molecule has 0 aliphatic carbocycles. The number of imide groups is 1. The van der Waals surface area contributed by atoms with E-state index in [4.69, 9.17) is 4.74 Å². The molecule has 1 saturated heterocycles. The number of likely N-dealkylation sites (tertiary alicyclic amines) is 1. The molecule has 0 aromatic carbocycles. The van der Waals surface area contributed by atoms with Gasteiger partial charge in [-0.05, 0) is 25.7 Å². The monoisotopic (exact) mass is 213 g/mol. The van der Waals surface area contributed by atoms with Gasteiger partial charge in [-0.3, -0.25) is 14.5 Å². The van der Waals surface area contributed by atoms with Gasteiger partial charge >= 0.3 is 0 Å². The van der Waals surface area contributed by atoms with Crippen LogP contribution in [0.4, 0.5) is 0 Å². The maximum atomic E-state index is 11.6. The first-order chi connectivity index (χ1) is 7.25. The van der Waals surface area contributed by atoms with Gasteiger partial charge in [0.25, 0.3) is 0 Å². The van der Waals surface area contributed by atoms with E-state index in [1.807, 2.05) is 0 Å². The number of amides is 2. The topological polar surface area (TPSA) is 46.6 Å². The van der Waals surface area contributed by atoms with Crippen LogP contribution in [-0.2, 0) is 14.3 Å². The summed E-state index contributed by atoms with van der Waals surface area (Å²) in [4.78, 5) is 24.5. The van der Waals surface area contributed by atoms with E-state index in [0.717, 1.165) is 25.7 Å². The van der Waals surface area contributed by atoms with Gasteiger partial charge in [0, 0.05) is 33.1 Å². The summed E-state index contributed by atoms with van der Waals surface area (Å²) in [5, 5.41) is 0. The average molecular weight is 213 g/mol. The van der Waals surface area contributed by atoms with E-state index in [-0.39, 0.29) is 11.8 Å². The Morgan fingerprint density at radius 3 is 2.27 bits per heavy atom. The summed E-state index contributed by atoms with van der Waals surface area (Å²) >= 11 is 0. The summed E-state index contributed by atoms with van der Waals surface area (Å²) < 4.78 is 4.92. The number of unbranched alkanes of at least 4 members (excludes halogenated alkanes) is 1. The van der Waals surface area contributed by atoms with Crippen molar-refractivity contribution >= 4 is 11.8 Å². The van der Waals surface area contributed by atoms with Crippen molar-refractivity contribution in [3.05, 3.63) is 0 Å². The quantitative estimate of drug-likeness (QED) is 0.511. The fourth-order valence-electron chi connectivity index (χ4n) is 1.73. The smallest absolute Gasteiger partial charge is 0.229 e. The molecular weight excluding hydrogens is 194 g/mol. The molecule has 0 unspecified atom stereocenters. The molecule has 1 rings (SSSR count). The van der Waals surface area contributed by atoms with Gasteiger partial charge in [0.1, 0.15) is 0 Å². The Bertz CT molecular complexity index is 210. The van der Waals surface area contributed by atoms with Crippen molar-refractivity contribution in [1.82, 2.24) is 4.90 Å². The van der Waals surface area contributed by atoms with E-state index in [9.17, 15) is 9.59 Å². The molecule has 0 spiro atoms. The van der Waals surface area contributed by atoms with Crippen molar-refractivity contribution in [3.63, 3.8) is 0 Å². The van der Waals surface area contributed by atoms with Crippen molar-refractivity contribution in [3.8, 4) is 0 Å². The van der Waals surface area contributed by atoms with Crippen LogP contribution in [-0.4, -0.2) is 37.0 Å². The largest absolute Gasteiger partial charge is 0.385 e. The van der Waals surface area contributed by atoms with Gasteiger partial charge in [0.05, 0.1) is 0 Å². The number of methoxy groups -OCH3 is 1. The van der Waals surface area contributed by atoms with Gasteiger partial charge in [-0.1, -0.05) is 0 Å². The molecule has 1 aliphatic rings. The molecular formula is C11H19NO3. The van der Waals surface area contributed by atoms with Crippen LogP contribution >= 0.6 is 0 Å². The van der Waals surface area contributed by atoms with Crippen molar-refractivity contribution in [2.45, 2.75) is 38.5 Å². The second-order valence-electron chi connectivity index (χ2n) is 3.85. The highest BCUT2D eigenvalue weighted by Crippen LogP contribution is 2.13. The van der Waals surface area contributed by atoms with Crippen LogP contribution in [0.2, 0.25) is 0 Å². The molecule has 0 aromatic heterocycles. The first-order valence-electron chi connectivity index (χ1n) is 5.58. The lowest BCUT2D eigenvalue weighted by Gasteiger charge is -2.18. The Hall–Kier alpha value is -0.900. The minimum atomic E-state index is -0.00471. The lowest BCUT2D eigenvalue weighted by molar-refractivity contribution is -0.143. The van der Waals surface area contributed by atoms with Gasteiger partial charge in [0.15, 0.2) is 0 Å². The second kappa shape index (κ2) is 6.56. The van der Waals surface area contributed by atoms with E-state index in [1.54, 1.807) is 7.11 Å². The Morgan fingerprint density at radius 2 is 1.73 bits per heavy atom. The van der Waals surface area contributed by atoms with Crippen LogP contribution in [0.1, 0.15) is 38.5 Å². The third-order valence-electron chi connectivity index (χ3n) is 2.61. The molecule has 1 fully saturated rings. The molecule has 2 amide bonds. The molecule has 0 N–H and O–H groups in total. The van der Waals surface area contributed by atoms with Gasteiger partial charge in [-0.15, -0.1) is 0 Å². The lowest BCUT2D eigenvalue weighted by atomic mass is 10.2. The van der Waals surface area contributed by atoms with Gasteiger partial charge in [-0.25, -0.2) is 0 Å². The number of nitrogens with zero attached hydrogens (tertiary/aromatic N) is 1. The number of rotatable bonds is 5. The highest BCUT2D eigenvalue weighted by molar-refractivity contribution is 5.95. The highest BCUT2D eigenvalue weighted by atomic mass is 16.5. The third kappa shape index (κ3) is 4.00. The Kier molecular flexibility index (Phi) is 5.32. The minimum absolute atomic E-state index is 0.00471. The fourth-order valence-corrected chi connectivity index (χ4v) is 1.73. The zero-order valence-corrected chi connectivity index (χ0v) is 9.33. The summed E-state index contributed by atoms with van der Waals surface area (Å²) in [7, 11) is 1.66. The standard InChI is InChI=1S/C11H19NO3/c1-15-9-5-4-8-12-10(13)6-2-3-7-11(12)14/h2-9H2,1H3. The summed E-state index contributed by atoms with van der Waals surface area (Å²) in [6.07, 6.45) is 4.48. The first kappa shape index (κ1) is 12.2. The predicted molar refractivity (Wildman–Crippen MR) is 56.3 cm³/mol. The Morgan fingerprint density at radius 1 is 1.13 bits per heavy atom. The summed E-state index contributed by atoms with van der Waals surface area (Å²) in [5.74, 6) is -0.00941. The molecule has 15 heavy (non-hydrogen) atoms. The van der Waals surface area contributed by atoms with E-state index in [0.29, 0.717) is 26.0 Å². The minimum Gasteiger partial charge on any atom is -0.385 e. The van der Waals surface area contributed by atoms with Crippen LogP contribution in [0.5, 0.6) is 0 Å². The van der Waals surface area contributed by atoms with E-state index < -0.39 is 0 Å². The van der Waals surface area contributed by atoms with Crippen LogP contribution < -0.4 is 0 Å². The molecule has 0 radical (unpaired) electrons. The molecule has 4 nitrogen and oxygen atoms in total. The number of hydrogen-bond donors (Lipinski definition) is 0. The molecule has 1 aliphatic heterocycles. The van der Waals surface area contributed by atoms with E-state index >= 15 is 0 Å². The van der Waals surface area contributed by atoms with Crippen molar-refractivity contribution in [1.29, 1.82) is 0 Å². The van der Waals surface area contributed by atoms with Crippen LogP contribution in [0.15, 0.2) is 0 Å². The summed E-state index contributed by atoms with van der Waals surface area (Å²) in [6.45, 7) is 1.25. The van der Waals surface area contributed by atoms with Crippen LogP contribution in [0.3, 0.4) is 0 Å². The van der Waals surface area contributed by atoms with Crippen LogP contribution in [0, 0.1) is 0 Å². The van der Waals surface area contributed by atoms with Crippen molar-refractivity contribution in [2.75, 3.05) is 20.3 Å². The van der Waals surface area contributed by atoms with Crippen molar-refractivity contribution < 1.29 is 14.3 Å². The number of carbonyl (C=O) groups excluding carboxylic acids is 2. The van der Waals surface area contributed by atoms with Crippen molar-refractivity contribution in [2.24, 2.45) is 0 Å². The molecule has 4 heteroatoms. The highest BCUT2D eigenvalue weighted by Gasteiger charge is 2.22. The first-order valence-corrected chi connectivity index (χ1v) is 5.58. The molecule has 86 valence electrons. The Balaban J connectivity index is 2.35. The van der Waals surface area contributed by atoms with Gasteiger partial charge < -0.3 is 4.74 Å². The predicted octanol–water partition coefficient (Wildman–Crippen LogP) is 1.34.